The van der Waals surface area contributed by atoms with Crippen molar-refractivity contribution in [2.24, 2.45) is 5.73 Å². The average molecular weight is 248 g/mol. The summed E-state index contributed by atoms with van der Waals surface area (Å²) in [5.74, 6) is 0. The van der Waals surface area contributed by atoms with E-state index in [2.05, 4.69) is 0 Å². The third-order valence-electron chi connectivity index (χ3n) is 2.38. The summed E-state index contributed by atoms with van der Waals surface area (Å²) in [5.41, 5.74) is 3.97. The summed E-state index contributed by atoms with van der Waals surface area (Å²) in [7, 11) is 0. The first-order chi connectivity index (χ1) is 7.82. The average Bonchev–Trinajstić information content (AvgIpc) is 2.18. The van der Waals surface area contributed by atoms with E-state index in [0.717, 1.165) is 22.8 Å². The number of alkyl halides is 3. The first kappa shape index (κ1) is 13.8. The van der Waals surface area contributed by atoms with Crippen molar-refractivity contribution in [1.29, 1.82) is 0 Å². The zero-order valence-corrected chi connectivity index (χ0v) is 9.50. The topological polar surface area (TPSA) is 48.0 Å². The van der Waals surface area contributed by atoms with Crippen LogP contribution < -0.4 is 11.3 Å². The first-order valence-corrected chi connectivity index (χ1v) is 5.35. The Balaban J connectivity index is 2.93. The van der Waals surface area contributed by atoms with Crippen LogP contribution in [0.3, 0.4) is 0 Å². The van der Waals surface area contributed by atoms with Crippen LogP contribution in [0.25, 0.3) is 0 Å². The monoisotopic (exact) mass is 248 g/mol. The molecule has 1 rings (SSSR count). The molecule has 0 fully saturated rings. The third-order valence-corrected chi connectivity index (χ3v) is 2.38. The summed E-state index contributed by atoms with van der Waals surface area (Å²) < 4.78 is 38.6. The molecule has 0 aliphatic carbocycles. The van der Waals surface area contributed by atoms with E-state index in [1.54, 1.807) is 6.92 Å². The Hall–Kier alpha value is -1.30. The van der Waals surface area contributed by atoms with Crippen LogP contribution in [0, 0.1) is 0 Å². The molecule has 0 saturated carbocycles. The fourth-order valence-corrected chi connectivity index (χ4v) is 1.57. The highest BCUT2D eigenvalue weighted by molar-refractivity contribution is 5.10. The van der Waals surface area contributed by atoms with Gasteiger partial charge in [-0.05, 0) is 25.8 Å². The molecule has 1 aromatic rings. The first-order valence-electron chi connectivity index (χ1n) is 5.35. The molecule has 0 aliphatic heterocycles. The van der Waals surface area contributed by atoms with Crippen LogP contribution in [0.15, 0.2) is 23.0 Å². The van der Waals surface area contributed by atoms with Gasteiger partial charge in [0.1, 0.15) is 5.69 Å². The number of nitrogens with zero attached hydrogens (tertiary/aromatic N) is 1. The lowest BCUT2D eigenvalue weighted by molar-refractivity contribution is -0.144. The summed E-state index contributed by atoms with van der Waals surface area (Å²) in [6.45, 7) is 1.81. The van der Waals surface area contributed by atoms with E-state index in [1.165, 1.54) is 0 Å². The highest BCUT2D eigenvalue weighted by atomic mass is 19.4. The fourth-order valence-electron chi connectivity index (χ4n) is 1.57. The summed E-state index contributed by atoms with van der Waals surface area (Å²) in [4.78, 5) is 11.4. The van der Waals surface area contributed by atoms with E-state index < -0.39 is 17.4 Å². The van der Waals surface area contributed by atoms with Gasteiger partial charge in [0.05, 0.1) is 0 Å². The molecule has 0 aliphatic rings. The molecule has 0 saturated heterocycles. The molecule has 0 radical (unpaired) electrons. The van der Waals surface area contributed by atoms with E-state index in [1.807, 2.05) is 0 Å². The molecule has 0 amide bonds. The number of aromatic nitrogens is 1. The van der Waals surface area contributed by atoms with Crippen LogP contribution in [-0.4, -0.2) is 10.6 Å². The zero-order valence-electron chi connectivity index (χ0n) is 9.50. The predicted molar refractivity (Wildman–Crippen MR) is 58.6 cm³/mol. The number of halogens is 3. The minimum absolute atomic E-state index is 0.0378. The molecular formula is C11H15F3N2O. The molecule has 2 N–H and O–H groups in total. The van der Waals surface area contributed by atoms with Crippen LogP contribution in [0.1, 0.15) is 25.5 Å². The summed E-state index contributed by atoms with van der Waals surface area (Å²) in [5, 5.41) is 0. The van der Waals surface area contributed by atoms with Gasteiger partial charge >= 0.3 is 6.18 Å². The number of hydrogen-bond donors (Lipinski definition) is 1. The molecule has 96 valence electrons. The summed E-state index contributed by atoms with van der Waals surface area (Å²) in [6.07, 6.45) is -3.47. The lowest BCUT2D eigenvalue weighted by atomic mass is 10.2. The van der Waals surface area contributed by atoms with Gasteiger partial charge in [0.25, 0.3) is 5.56 Å². The standard InChI is InChI=1S/C11H15F3N2O/c1-8(15)4-3-7-16-9(11(12,13)14)5-2-6-10(16)17/h2,5-6,8H,3-4,7,15H2,1H3. The van der Waals surface area contributed by atoms with Gasteiger partial charge in [0.2, 0.25) is 0 Å². The molecule has 1 atom stereocenters. The summed E-state index contributed by atoms with van der Waals surface area (Å²) in [6, 6.07) is 3.07. The molecule has 1 heterocycles. The van der Waals surface area contributed by atoms with Gasteiger partial charge in [0, 0.05) is 18.7 Å². The fraction of sp³-hybridized carbons (Fsp3) is 0.545. The minimum atomic E-state index is -4.51. The largest absolute Gasteiger partial charge is 0.431 e. The quantitative estimate of drug-likeness (QED) is 0.885. The minimum Gasteiger partial charge on any atom is -0.328 e. The molecule has 1 aromatic heterocycles. The van der Waals surface area contributed by atoms with Crippen LogP contribution in [0.5, 0.6) is 0 Å². The number of rotatable bonds is 4. The third kappa shape index (κ3) is 3.89. The Kier molecular flexibility index (Phi) is 4.34. The lowest BCUT2D eigenvalue weighted by Gasteiger charge is -2.15. The molecule has 3 nitrogen and oxygen atoms in total. The second-order valence-corrected chi connectivity index (χ2v) is 4.02. The Morgan fingerprint density at radius 3 is 2.59 bits per heavy atom. The highest BCUT2D eigenvalue weighted by Crippen LogP contribution is 2.28. The van der Waals surface area contributed by atoms with Crippen molar-refractivity contribution in [3.63, 3.8) is 0 Å². The molecule has 0 spiro atoms. The smallest absolute Gasteiger partial charge is 0.328 e. The van der Waals surface area contributed by atoms with Crippen LogP contribution in [0.4, 0.5) is 13.2 Å². The maximum atomic E-state index is 12.6. The maximum Gasteiger partial charge on any atom is 0.431 e. The SMILES string of the molecule is CC(N)CCCn1c(C(F)(F)F)cccc1=O. The number of nitrogens with two attached hydrogens (primary N) is 1. The van der Waals surface area contributed by atoms with Gasteiger partial charge in [-0.25, -0.2) is 0 Å². The lowest BCUT2D eigenvalue weighted by Crippen LogP contribution is -2.28. The van der Waals surface area contributed by atoms with Gasteiger partial charge in [0.15, 0.2) is 0 Å². The van der Waals surface area contributed by atoms with Gasteiger partial charge in [-0.1, -0.05) is 6.07 Å². The Morgan fingerprint density at radius 2 is 2.06 bits per heavy atom. The second-order valence-electron chi connectivity index (χ2n) is 4.02. The predicted octanol–water partition coefficient (Wildman–Crippen LogP) is 1.99. The van der Waals surface area contributed by atoms with Crippen molar-refractivity contribution < 1.29 is 13.2 Å². The van der Waals surface area contributed by atoms with Crippen LogP contribution in [0.2, 0.25) is 0 Å². The van der Waals surface area contributed by atoms with Crippen molar-refractivity contribution in [3.05, 3.63) is 34.2 Å². The van der Waals surface area contributed by atoms with E-state index >= 15 is 0 Å². The molecular weight excluding hydrogens is 233 g/mol. The summed E-state index contributed by atoms with van der Waals surface area (Å²) >= 11 is 0. The van der Waals surface area contributed by atoms with E-state index in [4.69, 9.17) is 5.73 Å². The molecule has 0 bridgehead atoms. The maximum absolute atomic E-state index is 12.6. The molecule has 0 aromatic carbocycles. The van der Waals surface area contributed by atoms with E-state index in [9.17, 15) is 18.0 Å². The van der Waals surface area contributed by atoms with E-state index in [-0.39, 0.29) is 12.6 Å². The van der Waals surface area contributed by atoms with Gasteiger partial charge in [-0.3, -0.25) is 4.79 Å². The van der Waals surface area contributed by atoms with Crippen molar-refractivity contribution in [1.82, 2.24) is 4.57 Å². The van der Waals surface area contributed by atoms with Gasteiger partial charge in [-0.2, -0.15) is 13.2 Å². The van der Waals surface area contributed by atoms with Crippen molar-refractivity contribution in [2.45, 2.75) is 38.5 Å². The van der Waals surface area contributed by atoms with E-state index in [0.29, 0.717) is 12.8 Å². The number of pyridine rings is 1. The normalized spacial score (nSPS) is 13.7. The molecule has 1 unspecified atom stereocenters. The van der Waals surface area contributed by atoms with Crippen LogP contribution >= 0.6 is 0 Å². The highest BCUT2D eigenvalue weighted by Gasteiger charge is 2.33. The van der Waals surface area contributed by atoms with Crippen LogP contribution in [-0.2, 0) is 12.7 Å². The Bertz CT molecular complexity index is 423. The molecule has 6 heteroatoms. The number of hydrogen-bond acceptors (Lipinski definition) is 2. The van der Waals surface area contributed by atoms with Crippen molar-refractivity contribution >= 4 is 0 Å². The second kappa shape index (κ2) is 5.35. The molecule has 17 heavy (non-hydrogen) atoms. The van der Waals surface area contributed by atoms with Crippen molar-refractivity contribution in [3.8, 4) is 0 Å². The van der Waals surface area contributed by atoms with Gasteiger partial charge in [-0.15, -0.1) is 0 Å². The zero-order chi connectivity index (χ0) is 13.1. The Morgan fingerprint density at radius 1 is 1.41 bits per heavy atom. The van der Waals surface area contributed by atoms with Crippen molar-refractivity contribution in [2.75, 3.05) is 0 Å². The Labute approximate surface area is 97.0 Å². The van der Waals surface area contributed by atoms with Gasteiger partial charge < -0.3 is 10.3 Å².